The van der Waals surface area contributed by atoms with E-state index in [9.17, 15) is 8.42 Å². The Balaban J connectivity index is 2.71. The molecule has 4 nitrogen and oxygen atoms in total. The minimum absolute atomic E-state index is 0.225. The molecule has 0 saturated heterocycles. The fraction of sp³-hybridized carbons (Fsp3) is 0.625. The fourth-order valence-electron chi connectivity index (χ4n) is 2.26. The zero-order valence-electron chi connectivity index (χ0n) is 13.6. The molecule has 0 aliphatic carbocycles. The molecule has 1 N–H and O–H groups in total. The van der Waals surface area contributed by atoms with Crippen LogP contribution in [0.3, 0.4) is 0 Å². The van der Waals surface area contributed by atoms with Crippen LogP contribution < -0.4 is 10.2 Å². The van der Waals surface area contributed by atoms with Gasteiger partial charge >= 0.3 is 0 Å². The van der Waals surface area contributed by atoms with Crippen molar-refractivity contribution in [3.8, 4) is 0 Å². The summed E-state index contributed by atoms with van der Waals surface area (Å²) in [6.07, 6.45) is 3.90. The lowest BCUT2D eigenvalue weighted by molar-refractivity contribution is 0.492. The quantitative estimate of drug-likeness (QED) is 0.761. The number of anilines is 1. The third-order valence-electron chi connectivity index (χ3n) is 3.46. The van der Waals surface area contributed by atoms with E-state index in [2.05, 4.69) is 41.4 Å². The second kappa shape index (κ2) is 8.39. The minimum atomic E-state index is -2.87. The summed E-state index contributed by atoms with van der Waals surface area (Å²) in [6.45, 7) is 3.08. The highest BCUT2D eigenvalue weighted by molar-refractivity contribution is 7.90. The lowest BCUT2D eigenvalue weighted by atomic mass is 10.0. The number of benzene rings is 1. The zero-order valence-corrected chi connectivity index (χ0v) is 14.4. The number of rotatable bonds is 9. The van der Waals surface area contributed by atoms with E-state index in [1.807, 2.05) is 14.1 Å². The number of hydrogen-bond acceptors (Lipinski definition) is 4. The van der Waals surface area contributed by atoms with Crippen molar-refractivity contribution in [2.45, 2.75) is 32.2 Å². The van der Waals surface area contributed by atoms with Gasteiger partial charge in [-0.3, -0.25) is 0 Å². The Kier molecular flexibility index (Phi) is 7.18. The van der Waals surface area contributed by atoms with E-state index in [-0.39, 0.29) is 11.8 Å². The van der Waals surface area contributed by atoms with Gasteiger partial charge in [-0.05, 0) is 43.5 Å². The van der Waals surface area contributed by atoms with Gasteiger partial charge in [-0.15, -0.1) is 0 Å². The van der Waals surface area contributed by atoms with Crippen molar-refractivity contribution in [2.75, 3.05) is 37.5 Å². The van der Waals surface area contributed by atoms with Gasteiger partial charge in [0.05, 0.1) is 0 Å². The molecule has 0 fully saturated rings. The molecule has 0 aliphatic heterocycles. The molecule has 21 heavy (non-hydrogen) atoms. The summed E-state index contributed by atoms with van der Waals surface area (Å²) in [5.74, 6) is 0.257. The average Bonchev–Trinajstić information content (AvgIpc) is 2.41. The van der Waals surface area contributed by atoms with Crippen molar-refractivity contribution in [3.63, 3.8) is 0 Å². The van der Waals surface area contributed by atoms with E-state index >= 15 is 0 Å². The summed E-state index contributed by atoms with van der Waals surface area (Å²) in [4.78, 5) is 2.07. The maximum Gasteiger partial charge on any atom is 0.147 e. The predicted molar refractivity (Wildman–Crippen MR) is 90.7 cm³/mol. The van der Waals surface area contributed by atoms with Gasteiger partial charge in [-0.1, -0.05) is 19.1 Å². The minimum Gasteiger partial charge on any atom is -0.378 e. The van der Waals surface area contributed by atoms with Crippen molar-refractivity contribution >= 4 is 15.5 Å². The highest BCUT2D eigenvalue weighted by Gasteiger charge is 2.12. The molecule has 1 aromatic carbocycles. The second-order valence-electron chi connectivity index (χ2n) is 5.76. The van der Waals surface area contributed by atoms with Gasteiger partial charge in [0.1, 0.15) is 9.84 Å². The number of sulfone groups is 1. The van der Waals surface area contributed by atoms with Gasteiger partial charge in [0, 0.05) is 37.8 Å². The SMILES string of the molecule is CCCNC(CCCS(C)(=O)=O)c1ccc(N(C)C)cc1. The highest BCUT2D eigenvalue weighted by Crippen LogP contribution is 2.22. The number of hydrogen-bond donors (Lipinski definition) is 1. The van der Waals surface area contributed by atoms with E-state index < -0.39 is 9.84 Å². The summed E-state index contributed by atoms with van der Waals surface area (Å²) >= 11 is 0. The van der Waals surface area contributed by atoms with Crippen LogP contribution in [0, 0.1) is 0 Å². The molecule has 0 aliphatic rings. The van der Waals surface area contributed by atoms with Crippen LogP contribution in [0.2, 0.25) is 0 Å². The first-order valence-corrected chi connectivity index (χ1v) is 9.58. The first kappa shape index (κ1) is 18.0. The molecule has 1 aromatic rings. The summed E-state index contributed by atoms with van der Waals surface area (Å²) < 4.78 is 22.5. The van der Waals surface area contributed by atoms with Crippen molar-refractivity contribution in [1.82, 2.24) is 5.32 Å². The van der Waals surface area contributed by atoms with E-state index in [1.165, 1.54) is 17.5 Å². The van der Waals surface area contributed by atoms with Gasteiger partial charge in [0.25, 0.3) is 0 Å². The van der Waals surface area contributed by atoms with Crippen LogP contribution in [-0.2, 0) is 9.84 Å². The van der Waals surface area contributed by atoms with Crippen LogP contribution in [0.4, 0.5) is 5.69 Å². The van der Waals surface area contributed by atoms with Crippen molar-refractivity contribution in [3.05, 3.63) is 29.8 Å². The van der Waals surface area contributed by atoms with Crippen molar-refractivity contribution in [1.29, 1.82) is 0 Å². The van der Waals surface area contributed by atoms with E-state index in [1.54, 1.807) is 0 Å². The lowest BCUT2D eigenvalue weighted by Gasteiger charge is -2.20. The molecular formula is C16H28N2O2S. The molecule has 1 atom stereocenters. The smallest absolute Gasteiger partial charge is 0.147 e. The first-order chi connectivity index (χ1) is 9.83. The van der Waals surface area contributed by atoms with E-state index in [4.69, 9.17) is 0 Å². The summed E-state index contributed by atoms with van der Waals surface area (Å²) in [5, 5.41) is 3.51. The van der Waals surface area contributed by atoms with Crippen LogP contribution in [0.15, 0.2) is 24.3 Å². The van der Waals surface area contributed by atoms with Crippen LogP contribution in [0.5, 0.6) is 0 Å². The van der Waals surface area contributed by atoms with Crippen LogP contribution in [0.25, 0.3) is 0 Å². The summed E-state index contributed by atoms with van der Waals surface area (Å²) in [7, 11) is 1.17. The Bertz CT molecular complexity index is 510. The second-order valence-corrected chi connectivity index (χ2v) is 8.02. The van der Waals surface area contributed by atoms with Crippen LogP contribution in [0.1, 0.15) is 37.8 Å². The normalized spacial score (nSPS) is 13.1. The first-order valence-electron chi connectivity index (χ1n) is 7.52. The topological polar surface area (TPSA) is 49.4 Å². The summed E-state index contributed by atoms with van der Waals surface area (Å²) in [5.41, 5.74) is 2.40. The Morgan fingerprint density at radius 3 is 2.29 bits per heavy atom. The molecular weight excluding hydrogens is 284 g/mol. The van der Waals surface area contributed by atoms with Crippen molar-refractivity contribution in [2.24, 2.45) is 0 Å². The Labute approximate surface area is 129 Å². The van der Waals surface area contributed by atoms with Gasteiger partial charge in [-0.25, -0.2) is 8.42 Å². The zero-order chi connectivity index (χ0) is 15.9. The monoisotopic (exact) mass is 312 g/mol. The molecule has 1 rings (SSSR count). The van der Waals surface area contributed by atoms with E-state index in [0.29, 0.717) is 6.42 Å². The number of nitrogens with zero attached hydrogens (tertiary/aromatic N) is 1. The average molecular weight is 312 g/mol. The van der Waals surface area contributed by atoms with Gasteiger partial charge in [-0.2, -0.15) is 0 Å². The number of nitrogens with one attached hydrogen (secondary N) is 1. The van der Waals surface area contributed by atoms with E-state index in [0.717, 1.165) is 19.4 Å². The molecule has 1 unspecified atom stereocenters. The Hall–Kier alpha value is -1.07. The lowest BCUT2D eigenvalue weighted by Crippen LogP contribution is -2.23. The summed E-state index contributed by atoms with van der Waals surface area (Å²) in [6, 6.07) is 8.69. The molecule has 0 radical (unpaired) electrons. The van der Waals surface area contributed by atoms with Crippen molar-refractivity contribution < 1.29 is 8.42 Å². The van der Waals surface area contributed by atoms with Gasteiger partial charge in [0.15, 0.2) is 0 Å². The molecule has 0 saturated carbocycles. The predicted octanol–water partition coefficient (Wildman–Crippen LogP) is 2.62. The third-order valence-corrected chi connectivity index (χ3v) is 4.49. The molecule has 0 heterocycles. The highest BCUT2D eigenvalue weighted by atomic mass is 32.2. The molecule has 5 heteroatoms. The van der Waals surface area contributed by atoms with Gasteiger partial charge < -0.3 is 10.2 Å². The Morgan fingerprint density at radius 1 is 1.19 bits per heavy atom. The molecule has 0 bridgehead atoms. The largest absolute Gasteiger partial charge is 0.378 e. The molecule has 0 amide bonds. The van der Waals surface area contributed by atoms with Crippen LogP contribution >= 0.6 is 0 Å². The fourth-order valence-corrected chi connectivity index (χ4v) is 2.95. The Morgan fingerprint density at radius 2 is 1.81 bits per heavy atom. The van der Waals surface area contributed by atoms with Crippen LogP contribution in [-0.4, -0.2) is 41.1 Å². The standard InChI is InChI=1S/C16H28N2O2S/c1-5-12-17-16(7-6-13-21(4,19)20)14-8-10-15(11-9-14)18(2)3/h8-11,16-17H,5-7,12-13H2,1-4H3. The third kappa shape index (κ3) is 6.96. The molecule has 0 spiro atoms. The maximum atomic E-state index is 11.3. The molecule has 120 valence electrons. The maximum absolute atomic E-state index is 11.3. The molecule has 0 aromatic heterocycles. The van der Waals surface area contributed by atoms with Gasteiger partial charge in [0.2, 0.25) is 0 Å².